The van der Waals surface area contributed by atoms with Crippen LogP contribution in [0.25, 0.3) is 0 Å². The second-order valence-electron chi connectivity index (χ2n) is 4.80. The van der Waals surface area contributed by atoms with Gasteiger partial charge in [-0.15, -0.1) is 0 Å². The van der Waals surface area contributed by atoms with Crippen molar-refractivity contribution in [2.24, 2.45) is 5.73 Å². The van der Waals surface area contributed by atoms with Crippen molar-refractivity contribution < 1.29 is 0 Å². The number of aromatic nitrogens is 2. The van der Waals surface area contributed by atoms with Gasteiger partial charge in [0.1, 0.15) is 5.82 Å². The van der Waals surface area contributed by atoms with Crippen LogP contribution in [-0.2, 0) is 0 Å². The molecule has 1 aromatic heterocycles. The zero-order chi connectivity index (χ0) is 12.8. The van der Waals surface area contributed by atoms with Gasteiger partial charge in [-0.2, -0.15) is 4.37 Å². The Morgan fingerprint density at radius 1 is 1.17 bits per heavy atom. The second-order valence-corrected chi connectivity index (χ2v) is 5.53. The minimum Gasteiger partial charge on any atom is -0.344 e. The van der Waals surface area contributed by atoms with Crippen LogP contribution in [0.1, 0.15) is 25.1 Å². The Labute approximate surface area is 113 Å². The van der Waals surface area contributed by atoms with Crippen molar-refractivity contribution in [1.29, 1.82) is 0 Å². The van der Waals surface area contributed by atoms with E-state index in [-0.39, 0.29) is 0 Å². The summed E-state index contributed by atoms with van der Waals surface area (Å²) in [6.07, 6.45) is 3.69. The highest BCUT2D eigenvalue weighted by atomic mass is 32.1. The van der Waals surface area contributed by atoms with Crippen molar-refractivity contribution in [1.82, 2.24) is 14.3 Å². The number of anilines is 1. The van der Waals surface area contributed by atoms with Gasteiger partial charge in [0, 0.05) is 37.7 Å². The molecule has 102 valence electrons. The van der Waals surface area contributed by atoms with Gasteiger partial charge in [-0.25, -0.2) is 4.98 Å². The van der Waals surface area contributed by atoms with Gasteiger partial charge in [0.25, 0.3) is 0 Å². The van der Waals surface area contributed by atoms with E-state index in [9.17, 15) is 0 Å². The fourth-order valence-electron chi connectivity index (χ4n) is 2.23. The Morgan fingerprint density at radius 2 is 1.94 bits per heavy atom. The fraction of sp³-hybridized carbons (Fsp3) is 0.833. The first-order valence-corrected chi connectivity index (χ1v) is 7.54. The first kappa shape index (κ1) is 13.7. The van der Waals surface area contributed by atoms with Crippen molar-refractivity contribution in [3.8, 4) is 0 Å². The molecule has 2 rings (SSSR count). The van der Waals surface area contributed by atoms with Crippen molar-refractivity contribution in [3.05, 3.63) is 5.82 Å². The lowest BCUT2D eigenvalue weighted by Crippen LogP contribution is -2.46. The van der Waals surface area contributed by atoms with Gasteiger partial charge in [-0.05, 0) is 32.9 Å². The highest BCUT2D eigenvalue weighted by Gasteiger charge is 2.18. The fourth-order valence-corrected chi connectivity index (χ4v) is 2.96. The number of nitrogens with two attached hydrogens (primary N) is 1. The van der Waals surface area contributed by atoms with E-state index < -0.39 is 0 Å². The molecule has 0 radical (unpaired) electrons. The summed E-state index contributed by atoms with van der Waals surface area (Å²) in [5, 5.41) is 1.08. The number of unbranched alkanes of at least 4 members (excludes halogenated alkanes) is 2. The predicted octanol–water partition coefficient (Wildman–Crippen LogP) is 1.10. The van der Waals surface area contributed by atoms with Crippen LogP contribution in [0.4, 0.5) is 5.13 Å². The number of hydrogen-bond acceptors (Lipinski definition) is 6. The predicted molar refractivity (Wildman–Crippen MR) is 76.2 cm³/mol. The highest BCUT2D eigenvalue weighted by Crippen LogP contribution is 2.18. The monoisotopic (exact) mass is 269 g/mol. The van der Waals surface area contributed by atoms with E-state index in [1.54, 1.807) is 0 Å². The summed E-state index contributed by atoms with van der Waals surface area (Å²) in [7, 11) is 0. The van der Waals surface area contributed by atoms with Gasteiger partial charge in [-0.1, -0.05) is 6.42 Å². The molecule has 0 saturated carbocycles. The van der Waals surface area contributed by atoms with Gasteiger partial charge in [0.05, 0.1) is 0 Å². The normalized spacial score (nSPS) is 17.3. The molecule has 1 aromatic rings. The maximum absolute atomic E-state index is 5.50. The molecule has 0 unspecified atom stereocenters. The molecule has 0 amide bonds. The summed E-state index contributed by atoms with van der Waals surface area (Å²) in [6, 6.07) is 0. The molecule has 2 heterocycles. The van der Waals surface area contributed by atoms with E-state index >= 15 is 0 Å². The smallest absolute Gasteiger partial charge is 0.205 e. The Morgan fingerprint density at radius 3 is 2.56 bits per heavy atom. The number of aryl methyl sites for hydroxylation is 1. The highest BCUT2D eigenvalue weighted by molar-refractivity contribution is 7.09. The van der Waals surface area contributed by atoms with Gasteiger partial charge in [0.2, 0.25) is 5.13 Å². The molecule has 2 N–H and O–H groups in total. The van der Waals surface area contributed by atoms with E-state index in [0.29, 0.717) is 0 Å². The topological polar surface area (TPSA) is 58.3 Å². The molecule has 1 fully saturated rings. The molecule has 0 atom stereocenters. The van der Waals surface area contributed by atoms with Crippen LogP contribution < -0.4 is 10.6 Å². The maximum Gasteiger partial charge on any atom is 0.205 e. The summed E-state index contributed by atoms with van der Waals surface area (Å²) in [4.78, 5) is 9.34. The Kier molecular flexibility index (Phi) is 5.34. The van der Waals surface area contributed by atoms with Crippen LogP contribution in [0.3, 0.4) is 0 Å². The first-order valence-electron chi connectivity index (χ1n) is 6.77. The van der Waals surface area contributed by atoms with Gasteiger partial charge >= 0.3 is 0 Å². The van der Waals surface area contributed by atoms with Crippen LogP contribution in [0.15, 0.2) is 0 Å². The van der Waals surface area contributed by atoms with Crippen LogP contribution in [0.2, 0.25) is 0 Å². The molecule has 0 bridgehead atoms. The lowest BCUT2D eigenvalue weighted by molar-refractivity contribution is 0.252. The van der Waals surface area contributed by atoms with E-state index in [1.807, 2.05) is 6.92 Å². The lowest BCUT2D eigenvalue weighted by Gasteiger charge is -2.34. The third-order valence-electron chi connectivity index (χ3n) is 3.34. The summed E-state index contributed by atoms with van der Waals surface area (Å²) < 4.78 is 4.24. The Bertz CT molecular complexity index is 346. The molecule has 0 aliphatic carbocycles. The molecule has 5 nitrogen and oxygen atoms in total. The van der Waals surface area contributed by atoms with E-state index in [1.165, 1.54) is 30.9 Å². The summed E-state index contributed by atoms with van der Waals surface area (Å²) in [5.41, 5.74) is 5.50. The standard InChI is InChI=1S/C12H23N5S/c1-11-14-12(18-15-11)17-9-7-16(8-10-17)6-4-2-3-5-13/h2-10,13H2,1H3. The quantitative estimate of drug-likeness (QED) is 0.784. The van der Waals surface area contributed by atoms with Crippen molar-refractivity contribution in [2.75, 3.05) is 44.2 Å². The van der Waals surface area contributed by atoms with Crippen LogP contribution in [0, 0.1) is 6.92 Å². The molecular weight excluding hydrogens is 246 g/mol. The SMILES string of the molecule is Cc1nsc(N2CCN(CCCCCN)CC2)n1. The van der Waals surface area contributed by atoms with Crippen LogP contribution in [-0.4, -0.2) is 53.5 Å². The lowest BCUT2D eigenvalue weighted by atomic mass is 10.2. The van der Waals surface area contributed by atoms with Crippen molar-refractivity contribution >= 4 is 16.7 Å². The molecule has 6 heteroatoms. The van der Waals surface area contributed by atoms with Crippen LogP contribution in [0.5, 0.6) is 0 Å². The van der Waals surface area contributed by atoms with Crippen molar-refractivity contribution in [3.63, 3.8) is 0 Å². The third-order valence-corrected chi connectivity index (χ3v) is 4.21. The minimum atomic E-state index is 0.824. The average molecular weight is 269 g/mol. The van der Waals surface area contributed by atoms with Gasteiger partial charge in [0.15, 0.2) is 0 Å². The van der Waals surface area contributed by atoms with E-state index in [2.05, 4.69) is 19.2 Å². The Balaban J connectivity index is 1.68. The molecule has 1 aliphatic heterocycles. The maximum atomic E-state index is 5.50. The zero-order valence-electron chi connectivity index (χ0n) is 11.1. The summed E-state index contributed by atoms with van der Waals surface area (Å²) in [6.45, 7) is 8.42. The Hall–Kier alpha value is -0.720. The summed E-state index contributed by atoms with van der Waals surface area (Å²) >= 11 is 1.51. The number of hydrogen-bond donors (Lipinski definition) is 1. The van der Waals surface area contributed by atoms with E-state index in [4.69, 9.17) is 5.73 Å². The zero-order valence-corrected chi connectivity index (χ0v) is 12.0. The number of rotatable bonds is 6. The van der Waals surface area contributed by atoms with Gasteiger partial charge in [-0.3, -0.25) is 4.90 Å². The number of nitrogens with zero attached hydrogens (tertiary/aromatic N) is 4. The molecular formula is C12H23N5S. The first-order chi connectivity index (χ1) is 8.79. The molecule has 1 saturated heterocycles. The summed E-state index contributed by atoms with van der Waals surface area (Å²) in [5.74, 6) is 0.888. The molecule has 0 aromatic carbocycles. The number of piperazine rings is 1. The largest absolute Gasteiger partial charge is 0.344 e. The van der Waals surface area contributed by atoms with Crippen molar-refractivity contribution in [2.45, 2.75) is 26.2 Å². The average Bonchev–Trinajstić information content (AvgIpc) is 2.82. The molecule has 1 aliphatic rings. The van der Waals surface area contributed by atoms with Crippen LogP contribution >= 0.6 is 11.5 Å². The minimum absolute atomic E-state index is 0.824. The van der Waals surface area contributed by atoms with Gasteiger partial charge < -0.3 is 10.6 Å². The van der Waals surface area contributed by atoms with E-state index in [0.717, 1.165) is 50.1 Å². The molecule has 0 spiro atoms. The third kappa shape index (κ3) is 3.90. The second kappa shape index (κ2) is 7.01. The molecule has 18 heavy (non-hydrogen) atoms.